The van der Waals surface area contributed by atoms with Crippen molar-refractivity contribution in [2.45, 2.75) is 50.7 Å². The summed E-state index contributed by atoms with van der Waals surface area (Å²) in [6, 6.07) is -0.252. The van der Waals surface area contributed by atoms with Gasteiger partial charge in [-0.3, -0.25) is 9.63 Å². The normalized spacial score (nSPS) is 36.5. The minimum absolute atomic E-state index is 0.192. The van der Waals surface area contributed by atoms with Gasteiger partial charge in [0.15, 0.2) is 0 Å². The molecule has 1 aliphatic heterocycles. The molecule has 86 valence electrons. The third kappa shape index (κ3) is 2.32. The summed E-state index contributed by atoms with van der Waals surface area (Å²) < 4.78 is 4.77. The number of methoxy groups -OCH3 is 1. The summed E-state index contributed by atoms with van der Waals surface area (Å²) in [7, 11) is 1.43. The van der Waals surface area contributed by atoms with Crippen molar-refractivity contribution < 1.29 is 14.4 Å². The molecule has 0 amide bonds. The predicted molar refractivity (Wildman–Crippen MR) is 55.0 cm³/mol. The van der Waals surface area contributed by atoms with Gasteiger partial charge in [-0.25, -0.2) is 0 Å². The minimum Gasteiger partial charge on any atom is -0.468 e. The van der Waals surface area contributed by atoms with Crippen LogP contribution in [0.4, 0.5) is 0 Å². The lowest BCUT2D eigenvalue weighted by molar-refractivity contribution is -0.145. The molecule has 0 radical (unpaired) electrons. The van der Waals surface area contributed by atoms with Crippen LogP contribution in [0, 0.1) is 5.92 Å². The van der Waals surface area contributed by atoms with Crippen LogP contribution in [0.15, 0.2) is 0 Å². The monoisotopic (exact) mass is 213 g/mol. The fourth-order valence-corrected chi connectivity index (χ4v) is 2.60. The molecule has 1 saturated carbocycles. The zero-order valence-electron chi connectivity index (χ0n) is 9.20. The van der Waals surface area contributed by atoms with E-state index in [2.05, 4.69) is 5.48 Å². The smallest absolute Gasteiger partial charge is 0.325 e. The van der Waals surface area contributed by atoms with Gasteiger partial charge in [-0.1, -0.05) is 25.7 Å². The zero-order valence-corrected chi connectivity index (χ0v) is 9.20. The molecule has 0 aromatic carbocycles. The molecule has 4 nitrogen and oxygen atoms in total. The fraction of sp³-hybridized carbons (Fsp3) is 0.909. The molecule has 15 heavy (non-hydrogen) atoms. The Labute approximate surface area is 90.3 Å². The van der Waals surface area contributed by atoms with Crippen molar-refractivity contribution in [3.8, 4) is 0 Å². The van der Waals surface area contributed by atoms with E-state index >= 15 is 0 Å². The van der Waals surface area contributed by atoms with Gasteiger partial charge in [-0.05, 0) is 12.8 Å². The number of hydrogen-bond acceptors (Lipinski definition) is 4. The largest absolute Gasteiger partial charge is 0.468 e. The van der Waals surface area contributed by atoms with Crippen molar-refractivity contribution in [2.24, 2.45) is 5.92 Å². The highest BCUT2D eigenvalue weighted by Crippen LogP contribution is 2.31. The number of hydrogen-bond donors (Lipinski definition) is 1. The van der Waals surface area contributed by atoms with Gasteiger partial charge in [-0.2, -0.15) is 5.48 Å². The number of nitrogens with one attached hydrogen (secondary N) is 1. The van der Waals surface area contributed by atoms with Crippen LogP contribution in [-0.2, 0) is 14.4 Å². The van der Waals surface area contributed by atoms with Gasteiger partial charge in [0.25, 0.3) is 0 Å². The summed E-state index contributed by atoms with van der Waals surface area (Å²) in [5.74, 6) is 0.112. The molecular formula is C11H19NO3. The molecule has 1 saturated heterocycles. The number of esters is 1. The van der Waals surface area contributed by atoms with Crippen LogP contribution < -0.4 is 5.48 Å². The van der Waals surface area contributed by atoms with Crippen molar-refractivity contribution in [1.29, 1.82) is 0 Å². The van der Waals surface area contributed by atoms with E-state index in [1.807, 2.05) is 0 Å². The summed E-state index contributed by atoms with van der Waals surface area (Å²) in [5, 5.41) is 0. The molecule has 1 N–H and O–H groups in total. The second-order valence-electron chi connectivity index (χ2n) is 4.43. The van der Waals surface area contributed by atoms with Gasteiger partial charge < -0.3 is 4.74 Å². The van der Waals surface area contributed by atoms with Crippen LogP contribution in [0.3, 0.4) is 0 Å². The van der Waals surface area contributed by atoms with Gasteiger partial charge in [0.2, 0.25) is 0 Å². The summed E-state index contributed by atoms with van der Waals surface area (Å²) in [6.07, 6.45) is 7.29. The topological polar surface area (TPSA) is 47.6 Å². The maximum atomic E-state index is 11.5. The Hall–Kier alpha value is -0.610. The first-order valence-electron chi connectivity index (χ1n) is 5.82. The van der Waals surface area contributed by atoms with Crippen LogP contribution in [0.25, 0.3) is 0 Å². The van der Waals surface area contributed by atoms with Crippen LogP contribution in [-0.4, -0.2) is 25.2 Å². The van der Waals surface area contributed by atoms with E-state index in [1.165, 1.54) is 32.8 Å². The zero-order chi connectivity index (χ0) is 10.7. The summed E-state index contributed by atoms with van der Waals surface area (Å²) in [4.78, 5) is 17.0. The molecule has 1 heterocycles. The molecule has 0 unspecified atom stereocenters. The number of carbonyl (C=O) groups is 1. The standard InChI is InChI=1S/C11H19NO3/c1-14-11(13)10-8-6-4-2-3-5-7-9(8)15-12-10/h8-10,12H,2-7H2,1H3/t8-,9+,10-/m1/s1. The predicted octanol–water partition coefficient (Wildman–Crippen LogP) is 1.40. The van der Waals surface area contributed by atoms with Crippen LogP contribution in [0.2, 0.25) is 0 Å². The van der Waals surface area contributed by atoms with Gasteiger partial charge in [-0.15, -0.1) is 0 Å². The number of rotatable bonds is 1. The maximum absolute atomic E-state index is 11.5. The van der Waals surface area contributed by atoms with E-state index in [1.54, 1.807) is 0 Å². The Morgan fingerprint density at radius 1 is 1.27 bits per heavy atom. The van der Waals surface area contributed by atoms with E-state index in [0.29, 0.717) is 5.92 Å². The number of ether oxygens (including phenoxy) is 1. The quantitative estimate of drug-likeness (QED) is 0.669. The average molecular weight is 213 g/mol. The first-order chi connectivity index (χ1) is 7.33. The van der Waals surface area contributed by atoms with E-state index in [9.17, 15) is 4.79 Å². The average Bonchev–Trinajstić information content (AvgIpc) is 2.59. The highest BCUT2D eigenvalue weighted by Gasteiger charge is 2.41. The van der Waals surface area contributed by atoms with E-state index < -0.39 is 0 Å². The summed E-state index contributed by atoms with van der Waals surface area (Å²) in [5.41, 5.74) is 2.83. The molecule has 0 bridgehead atoms. The Morgan fingerprint density at radius 3 is 2.73 bits per heavy atom. The Bertz CT molecular complexity index is 232. The molecule has 2 fully saturated rings. The van der Waals surface area contributed by atoms with Crippen LogP contribution >= 0.6 is 0 Å². The molecule has 0 aromatic heterocycles. The van der Waals surface area contributed by atoms with Crippen molar-refractivity contribution >= 4 is 5.97 Å². The highest BCUT2D eigenvalue weighted by atomic mass is 16.7. The summed E-state index contributed by atoms with van der Waals surface area (Å²) in [6.45, 7) is 0. The molecule has 2 rings (SSSR count). The highest BCUT2D eigenvalue weighted by molar-refractivity contribution is 5.76. The number of carbonyl (C=O) groups excluding carboxylic acids is 1. The van der Waals surface area contributed by atoms with Crippen LogP contribution in [0.5, 0.6) is 0 Å². The van der Waals surface area contributed by atoms with E-state index in [0.717, 1.165) is 12.8 Å². The van der Waals surface area contributed by atoms with E-state index in [4.69, 9.17) is 9.57 Å². The second-order valence-corrected chi connectivity index (χ2v) is 4.43. The molecule has 3 atom stereocenters. The molecule has 4 heteroatoms. The number of hydroxylamine groups is 1. The first kappa shape index (κ1) is 10.9. The van der Waals surface area contributed by atoms with Crippen molar-refractivity contribution in [3.05, 3.63) is 0 Å². The Kier molecular flexibility index (Phi) is 3.59. The third-order valence-corrected chi connectivity index (χ3v) is 3.48. The third-order valence-electron chi connectivity index (χ3n) is 3.48. The van der Waals surface area contributed by atoms with Gasteiger partial charge >= 0.3 is 5.97 Å². The maximum Gasteiger partial charge on any atom is 0.325 e. The molecule has 0 aromatic rings. The van der Waals surface area contributed by atoms with E-state index in [-0.39, 0.29) is 18.1 Å². The van der Waals surface area contributed by atoms with Crippen molar-refractivity contribution in [2.75, 3.05) is 7.11 Å². The number of fused-ring (bicyclic) bond motifs is 1. The Balaban J connectivity index is 2.01. The first-order valence-corrected chi connectivity index (χ1v) is 5.82. The molecule has 2 aliphatic rings. The van der Waals surface area contributed by atoms with Crippen molar-refractivity contribution in [3.63, 3.8) is 0 Å². The van der Waals surface area contributed by atoms with Crippen molar-refractivity contribution in [1.82, 2.24) is 5.48 Å². The van der Waals surface area contributed by atoms with Gasteiger partial charge in [0.05, 0.1) is 13.2 Å². The lowest BCUT2D eigenvalue weighted by atomic mass is 9.85. The molecule has 0 spiro atoms. The lowest BCUT2D eigenvalue weighted by Gasteiger charge is -2.22. The Morgan fingerprint density at radius 2 is 2.00 bits per heavy atom. The SMILES string of the molecule is COC(=O)[C@@H]1NO[C@H]2CCCCCC[C@H]21. The van der Waals surface area contributed by atoms with Gasteiger partial charge in [0.1, 0.15) is 6.04 Å². The van der Waals surface area contributed by atoms with Gasteiger partial charge in [0, 0.05) is 5.92 Å². The second kappa shape index (κ2) is 4.94. The molecular weight excluding hydrogens is 194 g/mol. The molecule has 1 aliphatic carbocycles. The van der Waals surface area contributed by atoms with Crippen LogP contribution in [0.1, 0.15) is 38.5 Å². The lowest BCUT2D eigenvalue weighted by Crippen LogP contribution is -2.37. The fourth-order valence-electron chi connectivity index (χ4n) is 2.60. The summed E-state index contributed by atoms with van der Waals surface area (Å²) >= 11 is 0. The minimum atomic E-state index is -0.252.